The maximum absolute atomic E-state index is 13.1. The zero-order valence-corrected chi connectivity index (χ0v) is 18.2. The highest BCUT2D eigenvalue weighted by atomic mass is 16.2. The molecule has 8 nitrogen and oxygen atoms in total. The predicted molar refractivity (Wildman–Crippen MR) is 123 cm³/mol. The smallest absolute Gasteiger partial charge is 0.254 e. The van der Waals surface area contributed by atoms with Crippen LogP contribution in [-0.2, 0) is 0 Å². The van der Waals surface area contributed by atoms with Crippen LogP contribution in [0.3, 0.4) is 0 Å². The largest absolute Gasteiger partial charge is 0.340 e. The Morgan fingerprint density at radius 3 is 2.84 bits per heavy atom. The lowest BCUT2D eigenvalue weighted by atomic mass is 10.0. The SMILES string of the molecule is Cc1cc(Nc2cccc(C(=O)N3CCCCC3C)c2)n2nc(-c3cccnc3)nc2n1. The van der Waals surface area contributed by atoms with E-state index in [1.165, 1.54) is 6.42 Å². The van der Waals surface area contributed by atoms with Crippen LogP contribution in [0.25, 0.3) is 17.2 Å². The molecule has 1 fully saturated rings. The summed E-state index contributed by atoms with van der Waals surface area (Å²) in [6.07, 6.45) is 6.75. The number of anilines is 2. The second-order valence-electron chi connectivity index (χ2n) is 8.22. The van der Waals surface area contributed by atoms with Gasteiger partial charge in [0.1, 0.15) is 5.82 Å². The van der Waals surface area contributed by atoms with Gasteiger partial charge in [-0.15, -0.1) is 5.10 Å². The van der Waals surface area contributed by atoms with Crippen molar-refractivity contribution >= 4 is 23.2 Å². The molecule has 1 amide bonds. The molecule has 1 unspecified atom stereocenters. The average molecular weight is 428 g/mol. The van der Waals surface area contributed by atoms with Crippen LogP contribution in [0.15, 0.2) is 54.9 Å². The number of benzene rings is 1. The van der Waals surface area contributed by atoms with Crippen molar-refractivity contribution < 1.29 is 4.79 Å². The van der Waals surface area contributed by atoms with Crippen molar-refractivity contribution in [2.45, 2.75) is 39.2 Å². The zero-order chi connectivity index (χ0) is 22.1. The molecule has 1 N–H and O–H groups in total. The van der Waals surface area contributed by atoms with E-state index in [0.717, 1.165) is 42.1 Å². The minimum atomic E-state index is 0.0801. The van der Waals surface area contributed by atoms with Crippen molar-refractivity contribution in [2.75, 3.05) is 11.9 Å². The van der Waals surface area contributed by atoms with E-state index in [2.05, 4.69) is 32.3 Å². The van der Waals surface area contributed by atoms with Crippen molar-refractivity contribution in [2.24, 2.45) is 0 Å². The summed E-state index contributed by atoms with van der Waals surface area (Å²) >= 11 is 0. The van der Waals surface area contributed by atoms with Crippen molar-refractivity contribution in [3.8, 4) is 11.4 Å². The molecule has 32 heavy (non-hydrogen) atoms. The van der Waals surface area contributed by atoms with Crippen LogP contribution in [0.1, 0.15) is 42.2 Å². The number of rotatable bonds is 4. The number of carbonyl (C=O) groups excluding carboxylic acids is 1. The van der Waals surface area contributed by atoms with Crippen LogP contribution in [-0.4, -0.2) is 48.0 Å². The number of fused-ring (bicyclic) bond motifs is 1. The third-order valence-corrected chi connectivity index (χ3v) is 5.81. The maximum Gasteiger partial charge on any atom is 0.254 e. The lowest BCUT2D eigenvalue weighted by Crippen LogP contribution is -2.42. The quantitative estimate of drug-likeness (QED) is 0.524. The molecular weight excluding hydrogens is 402 g/mol. The van der Waals surface area contributed by atoms with Gasteiger partial charge in [-0.2, -0.15) is 9.50 Å². The van der Waals surface area contributed by atoms with Gasteiger partial charge in [0.25, 0.3) is 11.7 Å². The van der Waals surface area contributed by atoms with Crippen molar-refractivity contribution in [3.05, 3.63) is 66.1 Å². The van der Waals surface area contributed by atoms with Gasteiger partial charge in [-0.25, -0.2) is 4.98 Å². The molecule has 5 rings (SSSR count). The highest BCUT2D eigenvalue weighted by Crippen LogP contribution is 2.24. The van der Waals surface area contributed by atoms with Gasteiger partial charge in [-0.1, -0.05) is 6.07 Å². The molecule has 0 radical (unpaired) electrons. The summed E-state index contributed by atoms with van der Waals surface area (Å²) in [4.78, 5) is 28.3. The second kappa shape index (κ2) is 8.37. The maximum atomic E-state index is 13.1. The third kappa shape index (κ3) is 3.91. The van der Waals surface area contributed by atoms with E-state index in [1.807, 2.05) is 54.3 Å². The van der Waals surface area contributed by atoms with E-state index in [4.69, 9.17) is 0 Å². The minimum Gasteiger partial charge on any atom is -0.340 e. The summed E-state index contributed by atoms with van der Waals surface area (Å²) in [7, 11) is 0. The van der Waals surface area contributed by atoms with E-state index >= 15 is 0 Å². The fourth-order valence-corrected chi connectivity index (χ4v) is 4.14. The van der Waals surface area contributed by atoms with Crippen LogP contribution in [0.5, 0.6) is 0 Å². The number of hydrogen-bond acceptors (Lipinski definition) is 6. The van der Waals surface area contributed by atoms with Gasteiger partial charge in [0.05, 0.1) is 0 Å². The molecule has 0 spiro atoms. The summed E-state index contributed by atoms with van der Waals surface area (Å²) in [5.74, 6) is 1.87. The molecular formula is C24H25N7O. The van der Waals surface area contributed by atoms with Crippen molar-refractivity contribution in [1.29, 1.82) is 0 Å². The average Bonchev–Trinajstić information content (AvgIpc) is 3.24. The van der Waals surface area contributed by atoms with Crippen LogP contribution in [0.4, 0.5) is 11.5 Å². The Balaban J connectivity index is 1.46. The molecule has 3 aromatic heterocycles. The first-order valence-corrected chi connectivity index (χ1v) is 10.9. The van der Waals surface area contributed by atoms with Gasteiger partial charge in [-0.3, -0.25) is 9.78 Å². The first kappa shape index (κ1) is 20.1. The number of nitrogens with zero attached hydrogens (tertiary/aromatic N) is 6. The van der Waals surface area contributed by atoms with E-state index in [1.54, 1.807) is 16.9 Å². The number of nitrogens with one attached hydrogen (secondary N) is 1. The van der Waals surface area contributed by atoms with E-state index in [9.17, 15) is 4.79 Å². The second-order valence-corrected chi connectivity index (χ2v) is 8.22. The molecule has 1 aliphatic heterocycles. The summed E-state index contributed by atoms with van der Waals surface area (Å²) in [6.45, 7) is 4.86. The molecule has 0 saturated carbocycles. The van der Waals surface area contributed by atoms with E-state index < -0.39 is 0 Å². The molecule has 0 aliphatic carbocycles. The Bertz CT molecular complexity index is 1270. The van der Waals surface area contributed by atoms with E-state index in [0.29, 0.717) is 17.2 Å². The van der Waals surface area contributed by atoms with Crippen molar-refractivity contribution in [3.63, 3.8) is 0 Å². The van der Waals surface area contributed by atoms with Gasteiger partial charge in [0, 0.05) is 53.6 Å². The van der Waals surface area contributed by atoms with Gasteiger partial charge in [-0.05, 0) is 63.4 Å². The molecule has 0 bridgehead atoms. The van der Waals surface area contributed by atoms with Crippen LogP contribution < -0.4 is 5.32 Å². The van der Waals surface area contributed by atoms with Gasteiger partial charge < -0.3 is 10.2 Å². The summed E-state index contributed by atoms with van der Waals surface area (Å²) < 4.78 is 1.68. The first-order valence-electron chi connectivity index (χ1n) is 10.9. The molecule has 4 heterocycles. The summed E-state index contributed by atoms with van der Waals surface area (Å²) in [6, 6.07) is 13.6. The summed E-state index contributed by atoms with van der Waals surface area (Å²) in [5.41, 5.74) is 3.13. The van der Waals surface area contributed by atoms with Crippen molar-refractivity contribution in [1.82, 2.24) is 29.5 Å². The Hall–Kier alpha value is -3.81. The van der Waals surface area contributed by atoms with Gasteiger partial charge in [0.2, 0.25) is 0 Å². The predicted octanol–water partition coefficient (Wildman–Crippen LogP) is 4.25. The fourth-order valence-electron chi connectivity index (χ4n) is 4.14. The molecule has 4 aromatic rings. The fraction of sp³-hybridized carbons (Fsp3) is 0.292. The molecule has 1 atom stereocenters. The number of aromatic nitrogens is 5. The number of likely N-dealkylation sites (tertiary alicyclic amines) is 1. The monoisotopic (exact) mass is 427 g/mol. The van der Waals surface area contributed by atoms with Crippen LogP contribution >= 0.6 is 0 Å². The number of piperidine rings is 1. The number of hydrogen-bond donors (Lipinski definition) is 1. The normalized spacial score (nSPS) is 16.3. The number of aryl methyl sites for hydroxylation is 1. The number of carbonyl (C=O) groups is 1. The highest BCUT2D eigenvalue weighted by Gasteiger charge is 2.24. The topological polar surface area (TPSA) is 88.3 Å². The molecule has 8 heteroatoms. The van der Waals surface area contributed by atoms with E-state index in [-0.39, 0.29) is 11.9 Å². The Labute approximate surface area is 186 Å². The minimum absolute atomic E-state index is 0.0801. The Morgan fingerprint density at radius 1 is 1.12 bits per heavy atom. The Morgan fingerprint density at radius 2 is 2.03 bits per heavy atom. The standard InChI is InChI=1S/C24H25N7O/c1-16-13-21(31-24(26-16)28-22(29-31)19-9-6-11-25-15-19)27-20-10-5-8-18(14-20)23(32)30-12-4-3-7-17(30)2/h5-6,8-11,13-15,17,27H,3-4,7,12H2,1-2H3. The van der Waals surface area contributed by atoms with Crippen LogP contribution in [0.2, 0.25) is 0 Å². The summed E-state index contributed by atoms with van der Waals surface area (Å²) in [5, 5.41) is 8.02. The van der Waals surface area contributed by atoms with Gasteiger partial charge in [0.15, 0.2) is 5.82 Å². The third-order valence-electron chi connectivity index (χ3n) is 5.81. The lowest BCUT2D eigenvalue weighted by molar-refractivity contribution is 0.0635. The molecule has 162 valence electrons. The van der Waals surface area contributed by atoms with Gasteiger partial charge >= 0.3 is 0 Å². The number of amides is 1. The Kier molecular flexibility index (Phi) is 5.26. The highest BCUT2D eigenvalue weighted by molar-refractivity contribution is 5.95. The molecule has 1 aromatic carbocycles. The lowest BCUT2D eigenvalue weighted by Gasteiger charge is -2.33. The molecule has 1 saturated heterocycles. The number of pyridine rings is 1. The van der Waals surface area contributed by atoms with Crippen LogP contribution in [0, 0.1) is 6.92 Å². The first-order chi connectivity index (χ1) is 15.6. The molecule has 1 aliphatic rings. The zero-order valence-electron chi connectivity index (χ0n) is 18.2.